The van der Waals surface area contributed by atoms with E-state index in [1.165, 1.54) is 23.9 Å². The molecule has 0 saturated carbocycles. The number of carbonyl (C=O) groups excluding carboxylic acids is 1. The van der Waals surface area contributed by atoms with Crippen molar-refractivity contribution in [3.05, 3.63) is 53.1 Å². The number of hydrogen-bond acceptors (Lipinski definition) is 3. The maximum atomic E-state index is 12.7. The summed E-state index contributed by atoms with van der Waals surface area (Å²) in [6.45, 7) is 2.34. The predicted molar refractivity (Wildman–Crippen MR) is 92.1 cm³/mol. The number of hydrogen-bond donors (Lipinski definition) is 2. The summed E-state index contributed by atoms with van der Waals surface area (Å²) < 4.78 is 38.1. The minimum atomic E-state index is -5.09. The van der Waals surface area contributed by atoms with E-state index in [1.54, 1.807) is 6.07 Å². The van der Waals surface area contributed by atoms with Crippen molar-refractivity contribution in [3.8, 4) is 0 Å². The average Bonchev–Trinajstić information content (AvgIpc) is 2.51. The Morgan fingerprint density at radius 1 is 1.20 bits per heavy atom. The Hall–Kier alpha value is -1.70. The zero-order chi connectivity index (χ0) is 18.8. The molecule has 0 aliphatic carbocycles. The van der Waals surface area contributed by atoms with Gasteiger partial charge in [-0.3, -0.25) is 4.79 Å². The Morgan fingerprint density at radius 2 is 1.84 bits per heavy atom. The summed E-state index contributed by atoms with van der Waals surface area (Å²) in [6, 6.07) is 12.3. The van der Waals surface area contributed by atoms with E-state index in [1.807, 2.05) is 36.5 Å². The molecule has 0 heterocycles. The van der Waals surface area contributed by atoms with Crippen molar-refractivity contribution < 1.29 is 23.1 Å². The van der Waals surface area contributed by atoms with Gasteiger partial charge in [-0.25, -0.2) is 0 Å². The molecule has 0 bridgehead atoms. The van der Waals surface area contributed by atoms with E-state index in [4.69, 9.17) is 11.6 Å². The van der Waals surface area contributed by atoms with Crippen LogP contribution in [-0.2, 0) is 4.79 Å². The van der Waals surface area contributed by atoms with Gasteiger partial charge < -0.3 is 10.4 Å². The minimum absolute atomic E-state index is 0.00896. The van der Waals surface area contributed by atoms with E-state index in [9.17, 15) is 23.1 Å². The number of rotatable bonds is 4. The van der Waals surface area contributed by atoms with Crippen LogP contribution in [0.3, 0.4) is 0 Å². The van der Waals surface area contributed by atoms with Crippen LogP contribution in [0, 0.1) is 6.92 Å². The van der Waals surface area contributed by atoms with Gasteiger partial charge in [0.05, 0.1) is 10.7 Å². The molecule has 2 aromatic carbocycles. The Bertz CT molecular complexity index is 794. The van der Waals surface area contributed by atoms with Crippen LogP contribution in [0.5, 0.6) is 0 Å². The molecule has 2 N–H and O–H groups in total. The van der Waals surface area contributed by atoms with Crippen LogP contribution in [-0.4, -0.2) is 22.8 Å². The Balaban J connectivity index is 2.17. The fourth-order valence-corrected chi connectivity index (χ4v) is 3.07. The number of anilines is 1. The summed E-state index contributed by atoms with van der Waals surface area (Å²) in [5.41, 5.74) is -2.45. The number of amides is 1. The monoisotopic (exact) mass is 389 g/mol. The molecule has 0 aromatic heterocycles. The van der Waals surface area contributed by atoms with Crippen LogP contribution in [0.2, 0.25) is 5.02 Å². The molecule has 0 spiro atoms. The SMILES string of the molecule is Cc1ccccc1Sc1ccc(NC(=O)C(C)(O)C(F)(F)F)c(Cl)c1. The van der Waals surface area contributed by atoms with Crippen molar-refractivity contribution in [2.75, 3.05) is 5.32 Å². The van der Waals surface area contributed by atoms with Crippen LogP contribution in [0.25, 0.3) is 0 Å². The predicted octanol–water partition coefficient (Wildman–Crippen LogP) is 5.05. The van der Waals surface area contributed by atoms with Crippen molar-refractivity contribution in [2.45, 2.75) is 35.4 Å². The molecule has 134 valence electrons. The van der Waals surface area contributed by atoms with Crippen molar-refractivity contribution in [1.82, 2.24) is 0 Å². The number of aliphatic hydroxyl groups is 1. The van der Waals surface area contributed by atoms with E-state index in [0.29, 0.717) is 6.92 Å². The van der Waals surface area contributed by atoms with E-state index in [-0.39, 0.29) is 10.7 Å². The van der Waals surface area contributed by atoms with Gasteiger partial charge >= 0.3 is 6.18 Å². The fraction of sp³-hybridized carbons (Fsp3) is 0.235. The minimum Gasteiger partial charge on any atom is -0.373 e. The maximum Gasteiger partial charge on any atom is 0.426 e. The molecule has 0 aliphatic heterocycles. The zero-order valence-electron chi connectivity index (χ0n) is 13.3. The molecule has 2 aromatic rings. The fourth-order valence-electron chi connectivity index (χ4n) is 1.83. The smallest absolute Gasteiger partial charge is 0.373 e. The highest BCUT2D eigenvalue weighted by Crippen LogP contribution is 2.35. The van der Waals surface area contributed by atoms with Gasteiger partial charge in [0, 0.05) is 9.79 Å². The molecule has 8 heteroatoms. The number of halogens is 4. The van der Waals surface area contributed by atoms with Crippen molar-refractivity contribution in [1.29, 1.82) is 0 Å². The molecular formula is C17H15ClF3NO2S. The molecule has 2 rings (SSSR count). The van der Waals surface area contributed by atoms with E-state index < -0.39 is 17.7 Å². The van der Waals surface area contributed by atoms with Crippen LogP contribution >= 0.6 is 23.4 Å². The standard InChI is InChI=1S/C17H15ClF3NO2S/c1-10-5-3-4-6-14(10)25-11-7-8-13(12(18)9-11)22-15(23)16(2,24)17(19,20)21/h3-9,24H,1-2H3,(H,22,23). The Morgan fingerprint density at radius 3 is 2.40 bits per heavy atom. The summed E-state index contributed by atoms with van der Waals surface area (Å²) >= 11 is 7.49. The largest absolute Gasteiger partial charge is 0.426 e. The highest BCUT2D eigenvalue weighted by atomic mass is 35.5. The van der Waals surface area contributed by atoms with Gasteiger partial charge in [0.15, 0.2) is 0 Å². The quantitative estimate of drug-likeness (QED) is 0.769. The van der Waals surface area contributed by atoms with Crippen molar-refractivity contribution in [3.63, 3.8) is 0 Å². The molecule has 0 saturated heterocycles. The third-order valence-electron chi connectivity index (χ3n) is 3.50. The van der Waals surface area contributed by atoms with Gasteiger partial charge in [0.2, 0.25) is 5.60 Å². The summed E-state index contributed by atoms with van der Waals surface area (Å²) in [5.74, 6) is -1.60. The van der Waals surface area contributed by atoms with Gasteiger partial charge in [0.1, 0.15) is 0 Å². The summed E-state index contributed by atoms with van der Waals surface area (Å²) in [4.78, 5) is 13.5. The maximum absolute atomic E-state index is 12.7. The molecule has 0 fully saturated rings. The van der Waals surface area contributed by atoms with Crippen molar-refractivity contribution in [2.24, 2.45) is 0 Å². The first-order chi connectivity index (χ1) is 11.5. The van der Waals surface area contributed by atoms with E-state index in [0.717, 1.165) is 15.4 Å². The normalized spacial score (nSPS) is 14.0. The number of carbonyl (C=O) groups is 1. The van der Waals surface area contributed by atoms with Gasteiger partial charge in [0.25, 0.3) is 5.91 Å². The van der Waals surface area contributed by atoms with Gasteiger partial charge in [-0.2, -0.15) is 13.2 Å². The first-order valence-electron chi connectivity index (χ1n) is 7.16. The molecule has 1 atom stereocenters. The Kier molecular flexibility index (Phi) is 5.71. The van der Waals surface area contributed by atoms with Crippen LogP contribution < -0.4 is 5.32 Å². The van der Waals surface area contributed by atoms with E-state index in [2.05, 4.69) is 0 Å². The molecule has 1 unspecified atom stereocenters. The molecule has 3 nitrogen and oxygen atoms in total. The number of aryl methyl sites for hydroxylation is 1. The second kappa shape index (κ2) is 7.27. The van der Waals surface area contributed by atoms with Crippen molar-refractivity contribution >= 4 is 35.0 Å². The van der Waals surface area contributed by atoms with Gasteiger partial charge in [-0.1, -0.05) is 41.6 Å². The summed E-state index contributed by atoms with van der Waals surface area (Å²) in [5, 5.41) is 11.5. The topological polar surface area (TPSA) is 49.3 Å². The second-order valence-electron chi connectivity index (χ2n) is 5.53. The third kappa shape index (κ3) is 4.48. The lowest BCUT2D eigenvalue weighted by atomic mass is 10.1. The zero-order valence-corrected chi connectivity index (χ0v) is 14.9. The third-order valence-corrected chi connectivity index (χ3v) is 4.98. The molecular weight excluding hydrogens is 375 g/mol. The number of alkyl halides is 3. The highest BCUT2D eigenvalue weighted by molar-refractivity contribution is 7.99. The molecule has 0 radical (unpaired) electrons. The second-order valence-corrected chi connectivity index (χ2v) is 7.06. The van der Waals surface area contributed by atoms with Crippen LogP contribution in [0.1, 0.15) is 12.5 Å². The molecule has 25 heavy (non-hydrogen) atoms. The lowest BCUT2D eigenvalue weighted by molar-refractivity contribution is -0.242. The lowest BCUT2D eigenvalue weighted by Gasteiger charge is -2.25. The average molecular weight is 390 g/mol. The van der Waals surface area contributed by atoms with E-state index >= 15 is 0 Å². The number of benzene rings is 2. The molecule has 0 aliphatic rings. The highest BCUT2D eigenvalue weighted by Gasteiger charge is 2.55. The summed E-state index contributed by atoms with van der Waals surface area (Å²) in [7, 11) is 0. The number of nitrogens with one attached hydrogen (secondary N) is 1. The van der Waals surface area contributed by atoms with Gasteiger partial charge in [-0.05, 0) is 43.7 Å². The van der Waals surface area contributed by atoms with Gasteiger partial charge in [-0.15, -0.1) is 0 Å². The van der Waals surface area contributed by atoms with Crippen LogP contribution in [0.4, 0.5) is 18.9 Å². The van der Waals surface area contributed by atoms with Crippen LogP contribution in [0.15, 0.2) is 52.3 Å². The Labute approximate surface area is 152 Å². The summed E-state index contributed by atoms with van der Waals surface area (Å²) in [6.07, 6.45) is -5.09. The molecule has 1 amide bonds. The first kappa shape index (κ1) is 19.6. The first-order valence-corrected chi connectivity index (χ1v) is 8.35. The lowest BCUT2D eigenvalue weighted by Crippen LogP contribution is -2.52.